The predicted molar refractivity (Wildman–Crippen MR) is 134 cm³/mol. The monoisotopic (exact) mass is 518 g/mol. The Labute approximate surface area is 203 Å². The van der Waals surface area contributed by atoms with E-state index in [1.54, 1.807) is 30.3 Å². The zero-order valence-corrected chi connectivity index (χ0v) is 19.5. The Morgan fingerprint density at radius 3 is 2.61 bits per heavy atom. The molecule has 0 heterocycles. The van der Waals surface area contributed by atoms with Crippen molar-refractivity contribution in [3.63, 3.8) is 0 Å². The molecule has 0 radical (unpaired) electrons. The van der Waals surface area contributed by atoms with Gasteiger partial charge in [-0.2, -0.15) is 5.26 Å². The highest BCUT2D eigenvalue weighted by Gasteiger charge is 2.13. The number of halogens is 2. The first-order valence-corrected chi connectivity index (χ1v) is 11.1. The van der Waals surface area contributed by atoms with E-state index in [0.717, 1.165) is 16.3 Å². The molecule has 0 saturated carbocycles. The van der Waals surface area contributed by atoms with Crippen LogP contribution in [0.1, 0.15) is 16.7 Å². The third-order valence-electron chi connectivity index (χ3n) is 5.07. The first-order chi connectivity index (χ1) is 16.0. The lowest BCUT2D eigenvalue weighted by molar-refractivity contribution is -0.384. The van der Waals surface area contributed by atoms with Crippen molar-refractivity contribution in [1.82, 2.24) is 0 Å². The molecule has 0 N–H and O–H groups in total. The zero-order chi connectivity index (χ0) is 23.4. The summed E-state index contributed by atoms with van der Waals surface area (Å²) in [5.74, 6) is 0.496. The Morgan fingerprint density at radius 2 is 1.85 bits per heavy atom. The van der Waals surface area contributed by atoms with Gasteiger partial charge >= 0.3 is 0 Å². The predicted octanol–water partition coefficient (Wildman–Crippen LogP) is 7.81. The largest absolute Gasteiger partial charge is 0.486 e. The Morgan fingerprint density at radius 1 is 1.09 bits per heavy atom. The van der Waals surface area contributed by atoms with Gasteiger partial charge in [0.2, 0.25) is 0 Å². The van der Waals surface area contributed by atoms with Gasteiger partial charge in [0.05, 0.1) is 26.1 Å². The van der Waals surface area contributed by atoms with Crippen molar-refractivity contribution < 1.29 is 9.66 Å². The molecule has 0 saturated heterocycles. The summed E-state index contributed by atoms with van der Waals surface area (Å²) < 4.78 is 6.67. The van der Waals surface area contributed by atoms with Gasteiger partial charge in [-0.05, 0) is 61.6 Å². The molecule has 0 atom stereocenters. The molecule has 0 aliphatic heterocycles. The second-order valence-corrected chi connectivity index (χ2v) is 8.48. The molecule has 0 bridgehead atoms. The van der Waals surface area contributed by atoms with Crippen molar-refractivity contribution >= 4 is 55.6 Å². The van der Waals surface area contributed by atoms with E-state index in [9.17, 15) is 15.4 Å². The molecule has 0 aliphatic rings. The molecule has 0 aromatic heterocycles. The maximum Gasteiger partial charge on any atom is 0.270 e. The molecule has 0 fully saturated rings. The normalized spacial score (nSPS) is 11.2. The number of nitro benzene ring substituents is 1. The van der Waals surface area contributed by atoms with Crippen LogP contribution in [0, 0.1) is 21.4 Å². The van der Waals surface area contributed by atoms with Crippen molar-refractivity contribution in [2.75, 3.05) is 0 Å². The maximum absolute atomic E-state index is 11.1. The van der Waals surface area contributed by atoms with Gasteiger partial charge in [-0.1, -0.05) is 66.2 Å². The van der Waals surface area contributed by atoms with E-state index in [2.05, 4.69) is 40.2 Å². The minimum absolute atomic E-state index is 0.0787. The van der Waals surface area contributed by atoms with E-state index < -0.39 is 4.92 Å². The standard InChI is InChI=1S/C26H16BrClN2O3/c27-24-12-17(11-21(15-29)19-7-4-9-22(14-19)30(31)32)13-25(28)26(24)33-16-20-8-3-6-18-5-1-2-10-23(18)20/h1-14H,16H2/b21-11-. The topological polar surface area (TPSA) is 76.2 Å². The first kappa shape index (κ1) is 22.5. The third-order valence-corrected chi connectivity index (χ3v) is 5.94. The number of nitro groups is 1. The van der Waals surface area contributed by atoms with Crippen LogP contribution in [-0.2, 0) is 6.61 Å². The minimum Gasteiger partial charge on any atom is -0.486 e. The third kappa shape index (κ3) is 5.06. The molecular weight excluding hydrogens is 504 g/mol. The van der Waals surface area contributed by atoms with Crippen LogP contribution in [0.25, 0.3) is 22.4 Å². The maximum atomic E-state index is 11.1. The summed E-state index contributed by atoms with van der Waals surface area (Å²) in [6.07, 6.45) is 1.63. The van der Waals surface area contributed by atoms with Crippen LogP contribution < -0.4 is 4.74 Å². The lowest BCUT2D eigenvalue weighted by Gasteiger charge is -2.13. The Hall–Kier alpha value is -3.66. The van der Waals surface area contributed by atoms with Gasteiger partial charge in [-0.25, -0.2) is 0 Å². The van der Waals surface area contributed by atoms with Crippen LogP contribution in [0.15, 0.2) is 83.3 Å². The minimum atomic E-state index is -0.492. The second kappa shape index (κ2) is 9.86. The van der Waals surface area contributed by atoms with Crippen LogP contribution >= 0.6 is 27.5 Å². The van der Waals surface area contributed by atoms with E-state index in [1.165, 1.54) is 12.1 Å². The molecule has 4 rings (SSSR count). The number of benzene rings is 4. The molecule has 4 aromatic carbocycles. The van der Waals surface area contributed by atoms with Crippen LogP contribution in [0.3, 0.4) is 0 Å². The van der Waals surface area contributed by atoms with Crippen molar-refractivity contribution in [2.24, 2.45) is 0 Å². The number of nitrogens with zero attached hydrogens (tertiary/aromatic N) is 2. The molecule has 7 heteroatoms. The number of hydrogen-bond donors (Lipinski definition) is 0. The summed E-state index contributed by atoms with van der Waals surface area (Å²) in [6, 6.07) is 25.7. The zero-order valence-electron chi connectivity index (χ0n) is 17.2. The average Bonchev–Trinajstić information content (AvgIpc) is 2.82. The van der Waals surface area contributed by atoms with E-state index >= 15 is 0 Å². The van der Waals surface area contributed by atoms with Gasteiger partial charge in [-0.15, -0.1) is 0 Å². The summed E-state index contributed by atoms with van der Waals surface area (Å²) in [4.78, 5) is 10.6. The summed E-state index contributed by atoms with van der Waals surface area (Å²) in [5.41, 5.74) is 2.36. The summed E-state index contributed by atoms with van der Waals surface area (Å²) in [7, 11) is 0. The van der Waals surface area contributed by atoms with Gasteiger partial charge in [0.1, 0.15) is 6.61 Å². The van der Waals surface area contributed by atoms with Gasteiger partial charge < -0.3 is 4.74 Å². The Balaban J connectivity index is 1.61. The van der Waals surface area contributed by atoms with Crippen molar-refractivity contribution in [3.8, 4) is 11.8 Å². The summed E-state index contributed by atoms with van der Waals surface area (Å²) >= 11 is 10.0. The van der Waals surface area contributed by atoms with Crippen LogP contribution in [0.5, 0.6) is 5.75 Å². The number of non-ortho nitro benzene ring substituents is 1. The van der Waals surface area contributed by atoms with Gasteiger partial charge in [-0.3, -0.25) is 10.1 Å². The van der Waals surface area contributed by atoms with Crippen LogP contribution in [0.2, 0.25) is 5.02 Å². The van der Waals surface area contributed by atoms with Gasteiger partial charge in [0.15, 0.2) is 5.75 Å². The van der Waals surface area contributed by atoms with Crippen LogP contribution in [-0.4, -0.2) is 4.92 Å². The van der Waals surface area contributed by atoms with E-state index in [-0.39, 0.29) is 11.3 Å². The fourth-order valence-electron chi connectivity index (χ4n) is 3.50. The van der Waals surface area contributed by atoms with Crippen molar-refractivity contribution in [3.05, 3.63) is 115 Å². The fraction of sp³-hybridized carbons (Fsp3) is 0.0385. The number of rotatable bonds is 6. The molecule has 4 aromatic rings. The highest BCUT2D eigenvalue weighted by molar-refractivity contribution is 9.10. The molecule has 0 unspecified atom stereocenters. The van der Waals surface area contributed by atoms with E-state index in [1.807, 2.05) is 24.3 Å². The number of ether oxygens (including phenoxy) is 1. The molecule has 0 spiro atoms. The molecule has 0 aliphatic carbocycles. The van der Waals surface area contributed by atoms with Gasteiger partial charge in [0, 0.05) is 12.1 Å². The van der Waals surface area contributed by atoms with Crippen molar-refractivity contribution in [1.29, 1.82) is 5.26 Å². The lowest BCUT2D eigenvalue weighted by atomic mass is 10.0. The van der Waals surface area contributed by atoms with E-state index in [0.29, 0.717) is 33.0 Å². The van der Waals surface area contributed by atoms with Gasteiger partial charge in [0.25, 0.3) is 5.69 Å². The molecule has 5 nitrogen and oxygen atoms in total. The SMILES string of the molecule is N#C/C(=C/c1cc(Cl)c(OCc2cccc3ccccc23)c(Br)c1)c1cccc([N+](=O)[O-])c1. The number of hydrogen-bond acceptors (Lipinski definition) is 4. The highest BCUT2D eigenvalue weighted by atomic mass is 79.9. The molecule has 162 valence electrons. The summed E-state index contributed by atoms with van der Waals surface area (Å²) in [6.45, 7) is 0.339. The Bertz CT molecular complexity index is 1410. The highest BCUT2D eigenvalue weighted by Crippen LogP contribution is 2.36. The van der Waals surface area contributed by atoms with Crippen LogP contribution in [0.4, 0.5) is 5.69 Å². The fourth-order valence-corrected chi connectivity index (χ4v) is 4.49. The number of allylic oxidation sites excluding steroid dienone is 1. The molecule has 0 amide bonds. The quantitative estimate of drug-likeness (QED) is 0.113. The number of nitriles is 1. The average molecular weight is 520 g/mol. The number of fused-ring (bicyclic) bond motifs is 1. The first-order valence-electron chi connectivity index (χ1n) is 9.91. The lowest BCUT2D eigenvalue weighted by Crippen LogP contribution is -1.98. The second-order valence-electron chi connectivity index (χ2n) is 7.22. The summed E-state index contributed by atoms with van der Waals surface area (Å²) in [5, 5.41) is 23.3. The smallest absolute Gasteiger partial charge is 0.270 e. The molecule has 33 heavy (non-hydrogen) atoms. The van der Waals surface area contributed by atoms with Crippen molar-refractivity contribution in [2.45, 2.75) is 6.61 Å². The molecular formula is C26H16BrClN2O3. The van der Waals surface area contributed by atoms with E-state index in [4.69, 9.17) is 16.3 Å². The Kier molecular flexibility index (Phi) is 6.74.